The monoisotopic (exact) mass is 297 g/mol. The molecular formula is C15H24ClN3O. The van der Waals surface area contributed by atoms with E-state index in [0.717, 1.165) is 12.0 Å². The van der Waals surface area contributed by atoms with Crippen LogP contribution in [0.3, 0.4) is 0 Å². The predicted molar refractivity (Wildman–Crippen MR) is 83.3 cm³/mol. The van der Waals surface area contributed by atoms with E-state index < -0.39 is 0 Å². The van der Waals surface area contributed by atoms with Crippen LogP contribution in [-0.2, 0) is 0 Å². The van der Waals surface area contributed by atoms with Gasteiger partial charge in [-0.1, -0.05) is 12.8 Å². The Morgan fingerprint density at radius 3 is 2.20 bits per heavy atom. The van der Waals surface area contributed by atoms with Crippen molar-refractivity contribution in [3.63, 3.8) is 0 Å². The second kappa shape index (κ2) is 7.60. The second-order valence-electron chi connectivity index (χ2n) is 5.53. The fourth-order valence-electron chi connectivity index (χ4n) is 2.99. The van der Waals surface area contributed by atoms with Crippen LogP contribution in [0.1, 0.15) is 36.0 Å². The van der Waals surface area contributed by atoms with Crippen molar-refractivity contribution in [1.82, 2.24) is 14.8 Å². The minimum absolute atomic E-state index is 0. The van der Waals surface area contributed by atoms with Gasteiger partial charge in [0.15, 0.2) is 0 Å². The summed E-state index contributed by atoms with van der Waals surface area (Å²) >= 11 is 0. The molecule has 1 aromatic rings. The zero-order valence-corrected chi connectivity index (χ0v) is 13.3. The summed E-state index contributed by atoms with van der Waals surface area (Å²) in [4.78, 5) is 20.6. The number of pyridine rings is 1. The Balaban J connectivity index is 0.00000200. The largest absolute Gasteiger partial charge is 0.337 e. The Kier molecular flexibility index (Phi) is 6.43. The molecule has 1 aliphatic rings. The van der Waals surface area contributed by atoms with Crippen LogP contribution in [-0.4, -0.2) is 53.9 Å². The molecule has 1 amide bonds. The number of amides is 1. The van der Waals surface area contributed by atoms with Gasteiger partial charge in [-0.3, -0.25) is 9.78 Å². The van der Waals surface area contributed by atoms with E-state index in [1.54, 1.807) is 24.5 Å². The lowest BCUT2D eigenvalue weighted by atomic mass is 9.88. The van der Waals surface area contributed by atoms with Crippen molar-refractivity contribution in [3.05, 3.63) is 30.1 Å². The zero-order valence-electron chi connectivity index (χ0n) is 12.5. The van der Waals surface area contributed by atoms with E-state index in [2.05, 4.69) is 24.0 Å². The normalized spacial score (nSPS) is 22.2. The van der Waals surface area contributed by atoms with Gasteiger partial charge in [-0.15, -0.1) is 12.4 Å². The third kappa shape index (κ3) is 3.70. The number of carbonyl (C=O) groups excluding carboxylic acids is 1. The predicted octanol–water partition coefficient (Wildman–Crippen LogP) is 2.45. The lowest BCUT2D eigenvalue weighted by Crippen LogP contribution is -2.51. The summed E-state index contributed by atoms with van der Waals surface area (Å²) in [6.45, 7) is 0. The summed E-state index contributed by atoms with van der Waals surface area (Å²) in [6.07, 6.45) is 8.08. The van der Waals surface area contributed by atoms with E-state index in [4.69, 9.17) is 0 Å². The average Bonchev–Trinajstić information content (AvgIpc) is 2.46. The molecule has 0 aliphatic heterocycles. The lowest BCUT2D eigenvalue weighted by molar-refractivity contribution is 0.0544. The van der Waals surface area contributed by atoms with Crippen molar-refractivity contribution in [2.75, 3.05) is 21.1 Å². The van der Waals surface area contributed by atoms with Crippen LogP contribution < -0.4 is 0 Å². The topological polar surface area (TPSA) is 36.4 Å². The van der Waals surface area contributed by atoms with Crippen molar-refractivity contribution in [2.24, 2.45) is 0 Å². The van der Waals surface area contributed by atoms with E-state index in [1.807, 2.05) is 11.9 Å². The Labute approximate surface area is 127 Å². The number of hydrogen-bond acceptors (Lipinski definition) is 3. The fourth-order valence-corrected chi connectivity index (χ4v) is 2.99. The maximum absolute atomic E-state index is 12.5. The number of rotatable bonds is 3. The highest BCUT2D eigenvalue weighted by atomic mass is 35.5. The van der Waals surface area contributed by atoms with Crippen LogP contribution >= 0.6 is 12.4 Å². The molecule has 0 unspecified atom stereocenters. The molecule has 1 heterocycles. The van der Waals surface area contributed by atoms with Gasteiger partial charge in [0.2, 0.25) is 0 Å². The number of likely N-dealkylation sites (N-methyl/N-ethyl adjacent to an activating group) is 2. The fraction of sp³-hybridized carbons (Fsp3) is 0.600. The third-order valence-electron chi connectivity index (χ3n) is 4.10. The molecule has 0 spiro atoms. The molecule has 0 aromatic carbocycles. The Bertz CT molecular complexity index is 424. The quantitative estimate of drug-likeness (QED) is 0.860. The summed E-state index contributed by atoms with van der Waals surface area (Å²) < 4.78 is 0. The molecule has 112 valence electrons. The van der Waals surface area contributed by atoms with E-state index in [1.165, 1.54) is 19.3 Å². The maximum atomic E-state index is 12.5. The molecule has 0 saturated heterocycles. The van der Waals surface area contributed by atoms with Crippen molar-refractivity contribution in [1.29, 1.82) is 0 Å². The summed E-state index contributed by atoms with van der Waals surface area (Å²) in [5, 5.41) is 0. The van der Waals surface area contributed by atoms with Crippen LogP contribution in [0.4, 0.5) is 0 Å². The first-order chi connectivity index (χ1) is 9.11. The molecule has 0 bridgehead atoms. The highest BCUT2D eigenvalue weighted by molar-refractivity contribution is 5.94. The molecule has 0 radical (unpaired) electrons. The van der Waals surface area contributed by atoms with Gasteiger partial charge in [-0.2, -0.15) is 0 Å². The molecule has 2 rings (SSSR count). The Morgan fingerprint density at radius 2 is 1.65 bits per heavy atom. The van der Waals surface area contributed by atoms with Gasteiger partial charge in [-0.05, 0) is 39.1 Å². The van der Waals surface area contributed by atoms with Gasteiger partial charge in [0.05, 0.1) is 0 Å². The molecule has 1 aromatic heterocycles. The highest BCUT2D eigenvalue weighted by Crippen LogP contribution is 2.26. The van der Waals surface area contributed by atoms with Gasteiger partial charge >= 0.3 is 0 Å². The van der Waals surface area contributed by atoms with Crippen molar-refractivity contribution >= 4 is 18.3 Å². The Hall–Kier alpha value is -1.13. The minimum atomic E-state index is 0. The first kappa shape index (κ1) is 16.9. The van der Waals surface area contributed by atoms with E-state index in [9.17, 15) is 4.79 Å². The summed E-state index contributed by atoms with van der Waals surface area (Å²) in [5.74, 6) is 0.0983. The molecule has 2 atom stereocenters. The van der Waals surface area contributed by atoms with Crippen LogP contribution in [0.2, 0.25) is 0 Å². The van der Waals surface area contributed by atoms with Gasteiger partial charge in [0, 0.05) is 37.1 Å². The first-order valence-electron chi connectivity index (χ1n) is 6.95. The third-order valence-corrected chi connectivity index (χ3v) is 4.10. The summed E-state index contributed by atoms with van der Waals surface area (Å²) in [6, 6.07) is 4.34. The SMILES string of the molecule is CN(C)[C@@H]1CCCC[C@H]1N(C)C(=O)c1ccncc1.Cl. The van der Waals surface area contributed by atoms with Gasteiger partial charge in [0.25, 0.3) is 5.91 Å². The van der Waals surface area contributed by atoms with Crippen molar-refractivity contribution in [2.45, 2.75) is 37.8 Å². The van der Waals surface area contributed by atoms with Crippen molar-refractivity contribution < 1.29 is 4.79 Å². The maximum Gasteiger partial charge on any atom is 0.254 e. The number of halogens is 1. The first-order valence-corrected chi connectivity index (χ1v) is 6.95. The van der Waals surface area contributed by atoms with E-state index in [0.29, 0.717) is 12.1 Å². The van der Waals surface area contributed by atoms with Gasteiger partial charge < -0.3 is 9.80 Å². The molecule has 1 aliphatic carbocycles. The highest BCUT2D eigenvalue weighted by Gasteiger charge is 2.32. The van der Waals surface area contributed by atoms with Crippen LogP contribution in [0.15, 0.2) is 24.5 Å². The molecule has 0 N–H and O–H groups in total. The molecule has 4 nitrogen and oxygen atoms in total. The Morgan fingerprint density at radius 1 is 1.10 bits per heavy atom. The van der Waals surface area contributed by atoms with Gasteiger partial charge in [0.1, 0.15) is 0 Å². The standard InChI is InChI=1S/C15H23N3O.ClH/c1-17(2)13-6-4-5-7-14(13)18(3)15(19)12-8-10-16-11-9-12;/h8-11,13-14H,4-7H2,1-3H3;1H/t13-,14-;/m1./s1. The lowest BCUT2D eigenvalue weighted by Gasteiger charge is -2.41. The number of aromatic nitrogens is 1. The second-order valence-corrected chi connectivity index (χ2v) is 5.53. The summed E-state index contributed by atoms with van der Waals surface area (Å²) in [5.41, 5.74) is 0.723. The molecule has 1 saturated carbocycles. The van der Waals surface area contributed by atoms with E-state index >= 15 is 0 Å². The number of hydrogen-bond donors (Lipinski definition) is 0. The van der Waals surface area contributed by atoms with Crippen LogP contribution in [0.25, 0.3) is 0 Å². The minimum Gasteiger partial charge on any atom is -0.337 e. The molecule has 1 fully saturated rings. The average molecular weight is 298 g/mol. The van der Waals surface area contributed by atoms with Crippen LogP contribution in [0.5, 0.6) is 0 Å². The van der Waals surface area contributed by atoms with Crippen molar-refractivity contribution in [3.8, 4) is 0 Å². The smallest absolute Gasteiger partial charge is 0.254 e. The van der Waals surface area contributed by atoms with Gasteiger partial charge in [-0.25, -0.2) is 0 Å². The molecule has 5 heteroatoms. The van der Waals surface area contributed by atoms with E-state index in [-0.39, 0.29) is 18.3 Å². The number of carbonyl (C=O) groups is 1. The zero-order chi connectivity index (χ0) is 13.8. The molecule has 20 heavy (non-hydrogen) atoms. The molecular weight excluding hydrogens is 274 g/mol. The number of nitrogens with zero attached hydrogens (tertiary/aromatic N) is 3. The van der Waals surface area contributed by atoms with Crippen LogP contribution in [0, 0.1) is 0 Å². The summed E-state index contributed by atoms with van der Waals surface area (Å²) in [7, 11) is 6.14.